The molecule has 1 aliphatic rings. The SMILES string of the molecule is CC(CN1CCCC1)NC(=O)c1cccc(F)c1Br. The van der Waals surface area contributed by atoms with E-state index in [-0.39, 0.29) is 16.4 Å². The van der Waals surface area contributed by atoms with Crippen LogP contribution in [0.1, 0.15) is 30.1 Å². The van der Waals surface area contributed by atoms with E-state index in [0.29, 0.717) is 5.56 Å². The first-order valence-electron chi connectivity index (χ1n) is 6.55. The van der Waals surface area contributed by atoms with Crippen LogP contribution in [0.3, 0.4) is 0 Å². The number of nitrogens with zero attached hydrogens (tertiary/aromatic N) is 1. The highest BCUT2D eigenvalue weighted by molar-refractivity contribution is 9.10. The molecule has 1 fully saturated rings. The maximum absolute atomic E-state index is 13.4. The third kappa shape index (κ3) is 3.76. The molecule has 1 unspecified atom stereocenters. The zero-order chi connectivity index (χ0) is 13.8. The third-order valence-corrected chi connectivity index (χ3v) is 4.11. The molecule has 1 aromatic rings. The summed E-state index contributed by atoms with van der Waals surface area (Å²) in [6.45, 7) is 5.02. The fraction of sp³-hybridized carbons (Fsp3) is 0.500. The Morgan fingerprint density at radius 1 is 1.47 bits per heavy atom. The van der Waals surface area contributed by atoms with E-state index in [1.165, 1.54) is 18.9 Å². The lowest BCUT2D eigenvalue weighted by atomic mass is 10.2. The van der Waals surface area contributed by atoms with Crippen molar-refractivity contribution < 1.29 is 9.18 Å². The van der Waals surface area contributed by atoms with E-state index < -0.39 is 5.82 Å². The van der Waals surface area contributed by atoms with Gasteiger partial charge in [-0.05, 0) is 60.9 Å². The fourth-order valence-corrected chi connectivity index (χ4v) is 2.82. The number of likely N-dealkylation sites (tertiary alicyclic amines) is 1. The van der Waals surface area contributed by atoms with Gasteiger partial charge in [0.1, 0.15) is 5.82 Å². The average Bonchev–Trinajstić information content (AvgIpc) is 2.85. The Morgan fingerprint density at radius 3 is 2.84 bits per heavy atom. The number of amides is 1. The largest absolute Gasteiger partial charge is 0.348 e. The van der Waals surface area contributed by atoms with Gasteiger partial charge in [0.25, 0.3) is 5.91 Å². The number of carbonyl (C=O) groups excluding carboxylic acids is 1. The summed E-state index contributed by atoms with van der Waals surface area (Å²) in [6, 6.07) is 4.54. The van der Waals surface area contributed by atoms with Crippen LogP contribution < -0.4 is 5.32 Å². The minimum absolute atomic E-state index is 0.0563. The molecule has 1 aliphatic heterocycles. The maximum Gasteiger partial charge on any atom is 0.252 e. The molecule has 1 amide bonds. The molecule has 0 radical (unpaired) electrons. The lowest BCUT2D eigenvalue weighted by molar-refractivity contribution is 0.0930. The maximum atomic E-state index is 13.4. The van der Waals surface area contributed by atoms with Crippen LogP contribution in [0.4, 0.5) is 4.39 Å². The van der Waals surface area contributed by atoms with Crippen LogP contribution in [-0.4, -0.2) is 36.5 Å². The van der Waals surface area contributed by atoms with Crippen molar-refractivity contribution in [2.75, 3.05) is 19.6 Å². The van der Waals surface area contributed by atoms with E-state index in [1.54, 1.807) is 12.1 Å². The summed E-state index contributed by atoms with van der Waals surface area (Å²) in [7, 11) is 0. The highest BCUT2D eigenvalue weighted by Crippen LogP contribution is 2.20. The Bertz CT molecular complexity index is 461. The van der Waals surface area contributed by atoms with E-state index in [9.17, 15) is 9.18 Å². The van der Waals surface area contributed by atoms with Crippen LogP contribution in [0.15, 0.2) is 22.7 Å². The van der Waals surface area contributed by atoms with Crippen molar-refractivity contribution in [1.82, 2.24) is 10.2 Å². The van der Waals surface area contributed by atoms with Gasteiger partial charge in [0.05, 0.1) is 10.0 Å². The molecule has 0 aliphatic carbocycles. The number of nitrogens with one attached hydrogen (secondary N) is 1. The monoisotopic (exact) mass is 328 g/mol. The van der Waals surface area contributed by atoms with Crippen molar-refractivity contribution in [3.63, 3.8) is 0 Å². The number of benzene rings is 1. The molecule has 5 heteroatoms. The molecule has 0 bridgehead atoms. The topological polar surface area (TPSA) is 32.3 Å². The van der Waals surface area contributed by atoms with Crippen LogP contribution in [0.5, 0.6) is 0 Å². The molecule has 1 aromatic carbocycles. The summed E-state index contributed by atoms with van der Waals surface area (Å²) in [5.41, 5.74) is 0.341. The molecule has 3 nitrogen and oxygen atoms in total. The molecule has 0 spiro atoms. The number of halogens is 2. The molecule has 0 saturated carbocycles. The summed E-state index contributed by atoms with van der Waals surface area (Å²) >= 11 is 3.11. The Morgan fingerprint density at radius 2 is 2.16 bits per heavy atom. The number of hydrogen-bond acceptors (Lipinski definition) is 2. The van der Waals surface area contributed by atoms with Crippen molar-refractivity contribution in [3.05, 3.63) is 34.1 Å². The van der Waals surface area contributed by atoms with Gasteiger partial charge in [-0.1, -0.05) is 6.07 Å². The summed E-state index contributed by atoms with van der Waals surface area (Å²) in [5.74, 6) is -0.655. The first-order chi connectivity index (χ1) is 9.08. The van der Waals surface area contributed by atoms with Crippen LogP contribution in [0.2, 0.25) is 0 Å². The van der Waals surface area contributed by atoms with Gasteiger partial charge in [-0.3, -0.25) is 4.79 Å². The van der Waals surface area contributed by atoms with Crippen LogP contribution >= 0.6 is 15.9 Å². The highest BCUT2D eigenvalue weighted by Gasteiger charge is 2.18. The van der Waals surface area contributed by atoms with Crippen molar-refractivity contribution >= 4 is 21.8 Å². The van der Waals surface area contributed by atoms with Gasteiger partial charge in [0, 0.05) is 12.6 Å². The fourth-order valence-electron chi connectivity index (χ4n) is 2.38. The van der Waals surface area contributed by atoms with E-state index >= 15 is 0 Å². The number of carbonyl (C=O) groups is 1. The lowest BCUT2D eigenvalue weighted by Crippen LogP contribution is -2.41. The van der Waals surface area contributed by atoms with Crippen LogP contribution in [0, 0.1) is 5.82 Å². The van der Waals surface area contributed by atoms with E-state index in [2.05, 4.69) is 26.1 Å². The standard InChI is InChI=1S/C14H18BrFN2O/c1-10(9-18-7-2-3-8-18)17-14(19)11-5-4-6-12(16)13(11)15/h4-6,10H,2-3,7-9H2,1H3,(H,17,19). The molecule has 1 heterocycles. The van der Waals surface area contributed by atoms with Crippen LogP contribution in [0.25, 0.3) is 0 Å². The molecule has 104 valence electrons. The van der Waals surface area contributed by atoms with E-state index in [4.69, 9.17) is 0 Å². The van der Waals surface area contributed by atoms with Crippen molar-refractivity contribution in [2.24, 2.45) is 0 Å². The average molecular weight is 329 g/mol. The van der Waals surface area contributed by atoms with Gasteiger partial charge in [-0.25, -0.2) is 4.39 Å². The lowest BCUT2D eigenvalue weighted by Gasteiger charge is -2.21. The molecular weight excluding hydrogens is 311 g/mol. The smallest absolute Gasteiger partial charge is 0.252 e. The second-order valence-corrected chi connectivity index (χ2v) is 5.78. The van der Waals surface area contributed by atoms with Crippen molar-refractivity contribution in [1.29, 1.82) is 0 Å². The molecule has 1 saturated heterocycles. The van der Waals surface area contributed by atoms with Gasteiger partial charge in [0.15, 0.2) is 0 Å². The zero-order valence-electron chi connectivity index (χ0n) is 11.0. The quantitative estimate of drug-likeness (QED) is 0.921. The predicted molar refractivity (Wildman–Crippen MR) is 76.7 cm³/mol. The molecular formula is C14H18BrFN2O. The molecule has 1 atom stereocenters. The number of rotatable bonds is 4. The minimum atomic E-state index is -0.417. The summed E-state index contributed by atoms with van der Waals surface area (Å²) in [6.07, 6.45) is 2.46. The predicted octanol–water partition coefficient (Wildman–Crippen LogP) is 2.80. The van der Waals surface area contributed by atoms with Crippen LogP contribution in [-0.2, 0) is 0 Å². The Balaban J connectivity index is 1.94. The van der Waals surface area contributed by atoms with E-state index in [1.807, 2.05) is 6.92 Å². The van der Waals surface area contributed by atoms with Gasteiger partial charge in [-0.15, -0.1) is 0 Å². The summed E-state index contributed by atoms with van der Waals surface area (Å²) < 4.78 is 13.6. The Kier molecular flexibility index (Phi) is 4.93. The molecule has 19 heavy (non-hydrogen) atoms. The normalized spacial score (nSPS) is 17.4. The minimum Gasteiger partial charge on any atom is -0.348 e. The second kappa shape index (κ2) is 6.48. The summed E-state index contributed by atoms with van der Waals surface area (Å²) in [4.78, 5) is 14.4. The van der Waals surface area contributed by atoms with E-state index in [0.717, 1.165) is 19.6 Å². The molecule has 0 aromatic heterocycles. The Labute approximate surface area is 121 Å². The summed E-state index contributed by atoms with van der Waals surface area (Å²) in [5, 5.41) is 2.91. The molecule has 2 rings (SSSR count). The number of hydrogen-bond donors (Lipinski definition) is 1. The zero-order valence-corrected chi connectivity index (χ0v) is 12.5. The van der Waals surface area contributed by atoms with Gasteiger partial charge in [0.2, 0.25) is 0 Å². The second-order valence-electron chi connectivity index (χ2n) is 4.98. The first kappa shape index (κ1) is 14.5. The Hall–Kier alpha value is -0.940. The van der Waals surface area contributed by atoms with Crippen molar-refractivity contribution in [2.45, 2.75) is 25.8 Å². The highest BCUT2D eigenvalue weighted by atomic mass is 79.9. The van der Waals surface area contributed by atoms with Gasteiger partial charge >= 0.3 is 0 Å². The first-order valence-corrected chi connectivity index (χ1v) is 7.34. The van der Waals surface area contributed by atoms with Crippen molar-refractivity contribution in [3.8, 4) is 0 Å². The van der Waals surface area contributed by atoms with Gasteiger partial charge in [-0.2, -0.15) is 0 Å². The molecule has 1 N–H and O–H groups in total. The van der Waals surface area contributed by atoms with Gasteiger partial charge < -0.3 is 10.2 Å². The third-order valence-electron chi connectivity index (χ3n) is 3.30.